The van der Waals surface area contributed by atoms with Crippen LogP contribution < -0.4 is 5.32 Å². The van der Waals surface area contributed by atoms with Crippen molar-refractivity contribution < 1.29 is 0 Å². The van der Waals surface area contributed by atoms with E-state index in [0.717, 1.165) is 18.1 Å². The minimum atomic E-state index is 0.603. The van der Waals surface area contributed by atoms with E-state index in [-0.39, 0.29) is 0 Å². The molecule has 1 aliphatic heterocycles. The number of thiocarbonyl (C=S) groups is 1. The van der Waals surface area contributed by atoms with E-state index in [4.69, 9.17) is 12.2 Å². The fourth-order valence-corrected chi connectivity index (χ4v) is 3.36. The van der Waals surface area contributed by atoms with Gasteiger partial charge in [-0.2, -0.15) is 0 Å². The van der Waals surface area contributed by atoms with Gasteiger partial charge < -0.3 is 10.2 Å². The summed E-state index contributed by atoms with van der Waals surface area (Å²) in [6, 6.07) is 9.07. The van der Waals surface area contributed by atoms with Gasteiger partial charge in [0.1, 0.15) is 0 Å². The van der Waals surface area contributed by atoms with E-state index in [2.05, 4.69) is 48.3 Å². The molecule has 2 rings (SSSR count). The van der Waals surface area contributed by atoms with Crippen LogP contribution in [0.15, 0.2) is 24.3 Å². The van der Waals surface area contributed by atoms with Crippen LogP contribution in [0.25, 0.3) is 0 Å². The van der Waals surface area contributed by atoms with Crippen molar-refractivity contribution in [1.82, 2.24) is 4.90 Å². The van der Waals surface area contributed by atoms with Gasteiger partial charge >= 0.3 is 0 Å². The van der Waals surface area contributed by atoms with E-state index < -0.39 is 0 Å². The maximum Gasteiger partial charge on any atom is 0.173 e. The number of hydrogen-bond acceptors (Lipinski definition) is 1. The number of rotatable bonds is 3. The van der Waals surface area contributed by atoms with E-state index in [1.54, 1.807) is 0 Å². The highest BCUT2D eigenvalue weighted by Gasteiger charge is 2.21. The lowest BCUT2D eigenvalue weighted by Gasteiger charge is -2.32. The third-order valence-corrected chi connectivity index (χ3v) is 4.59. The third kappa shape index (κ3) is 3.72. The topological polar surface area (TPSA) is 15.3 Å². The van der Waals surface area contributed by atoms with Crippen molar-refractivity contribution >= 4 is 23.0 Å². The van der Waals surface area contributed by atoms with Crippen LogP contribution in [0.3, 0.4) is 0 Å². The smallest absolute Gasteiger partial charge is 0.173 e. The van der Waals surface area contributed by atoms with Gasteiger partial charge in [0, 0.05) is 18.3 Å². The number of hydrogen-bond donors (Lipinski definition) is 1. The van der Waals surface area contributed by atoms with Gasteiger partial charge in [0.2, 0.25) is 0 Å². The summed E-state index contributed by atoms with van der Waals surface area (Å²) in [5.74, 6) is 0. The minimum absolute atomic E-state index is 0.603. The monoisotopic (exact) mass is 290 g/mol. The Morgan fingerprint density at radius 2 is 2.05 bits per heavy atom. The maximum atomic E-state index is 5.68. The lowest BCUT2D eigenvalue weighted by Crippen LogP contribution is -2.42. The molecule has 0 aromatic heterocycles. The Labute approximate surface area is 128 Å². The summed E-state index contributed by atoms with van der Waals surface area (Å²) in [4.78, 5) is 2.41. The molecule has 0 aliphatic carbocycles. The van der Waals surface area contributed by atoms with Crippen LogP contribution in [0.4, 0.5) is 5.69 Å². The number of likely N-dealkylation sites (tertiary alicyclic amines) is 1. The summed E-state index contributed by atoms with van der Waals surface area (Å²) in [6.07, 6.45) is 7.41. The number of anilines is 1. The number of para-hydroxylation sites is 1. The van der Waals surface area contributed by atoms with E-state index >= 15 is 0 Å². The molecule has 1 atom stereocenters. The van der Waals surface area contributed by atoms with Crippen LogP contribution in [0.1, 0.15) is 51.5 Å². The van der Waals surface area contributed by atoms with Crippen LogP contribution in [-0.4, -0.2) is 22.6 Å². The second kappa shape index (κ2) is 7.63. The number of benzene rings is 1. The zero-order valence-corrected chi connectivity index (χ0v) is 13.5. The van der Waals surface area contributed by atoms with Crippen molar-refractivity contribution in [3.05, 3.63) is 29.8 Å². The molecule has 0 saturated carbocycles. The van der Waals surface area contributed by atoms with Gasteiger partial charge in [0.05, 0.1) is 0 Å². The molecular formula is C17H26N2S. The summed E-state index contributed by atoms with van der Waals surface area (Å²) in [6.45, 7) is 5.55. The first-order valence-corrected chi connectivity index (χ1v) is 8.32. The van der Waals surface area contributed by atoms with Gasteiger partial charge in [-0.25, -0.2) is 0 Å². The van der Waals surface area contributed by atoms with Crippen molar-refractivity contribution in [1.29, 1.82) is 0 Å². The van der Waals surface area contributed by atoms with Crippen LogP contribution in [0.2, 0.25) is 0 Å². The highest BCUT2D eigenvalue weighted by Crippen LogP contribution is 2.22. The number of nitrogens with one attached hydrogen (secondary N) is 1. The Morgan fingerprint density at radius 3 is 2.80 bits per heavy atom. The van der Waals surface area contributed by atoms with Crippen molar-refractivity contribution in [2.75, 3.05) is 11.9 Å². The van der Waals surface area contributed by atoms with E-state index in [1.807, 2.05) is 0 Å². The molecule has 0 bridgehead atoms. The van der Waals surface area contributed by atoms with Crippen LogP contribution in [0, 0.1) is 0 Å². The van der Waals surface area contributed by atoms with E-state index in [9.17, 15) is 0 Å². The molecule has 1 unspecified atom stereocenters. The molecule has 1 heterocycles. The van der Waals surface area contributed by atoms with Crippen LogP contribution in [-0.2, 0) is 6.42 Å². The van der Waals surface area contributed by atoms with Crippen molar-refractivity contribution in [3.8, 4) is 0 Å². The van der Waals surface area contributed by atoms with Crippen LogP contribution in [0.5, 0.6) is 0 Å². The molecule has 0 radical (unpaired) electrons. The molecule has 1 aromatic rings. The Kier molecular flexibility index (Phi) is 5.84. The standard InChI is InChI=1S/C17H26N2S/c1-3-14-10-7-8-12-16(14)18-17(20)19-13-9-5-6-11-15(19)4-2/h7-8,10,12,15H,3-6,9,11,13H2,1-2H3,(H,18,20). The molecule has 1 aliphatic rings. The fourth-order valence-electron chi connectivity index (χ4n) is 3.01. The largest absolute Gasteiger partial charge is 0.346 e. The maximum absolute atomic E-state index is 5.68. The van der Waals surface area contributed by atoms with Crippen LogP contribution >= 0.6 is 12.2 Å². The van der Waals surface area contributed by atoms with Crippen molar-refractivity contribution in [2.45, 2.75) is 58.4 Å². The molecular weight excluding hydrogens is 264 g/mol. The highest BCUT2D eigenvalue weighted by atomic mass is 32.1. The van der Waals surface area contributed by atoms with Gasteiger partial charge in [0.25, 0.3) is 0 Å². The molecule has 2 nitrogen and oxygen atoms in total. The van der Waals surface area contributed by atoms with Gasteiger partial charge in [-0.3, -0.25) is 0 Å². The fraction of sp³-hybridized carbons (Fsp3) is 0.588. The molecule has 0 spiro atoms. The van der Waals surface area contributed by atoms with E-state index in [1.165, 1.54) is 43.4 Å². The summed E-state index contributed by atoms with van der Waals surface area (Å²) < 4.78 is 0. The summed E-state index contributed by atoms with van der Waals surface area (Å²) in [5.41, 5.74) is 2.50. The highest BCUT2D eigenvalue weighted by molar-refractivity contribution is 7.80. The first-order chi connectivity index (χ1) is 9.76. The van der Waals surface area contributed by atoms with Gasteiger partial charge in [-0.15, -0.1) is 0 Å². The first kappa shape index (κ1) is 15.3. The second-order valence-electron chi connectivity index (χ2n) is 5.55. The zero-order valence-electron chi connectivity index (χ0n) is 12.7. The Hall–Kier alpha value is -1.09. The molecule has 20 heavy (non-hydrogen) atoms. The lowest BCUT2D eigenvalue weighted by atomic mass is 10.1. The second-order valence-corrected chi connectivity index (χ2v) is 5.93. The van der Waals surface area contributed by atoms with Gasteiger partial charge in [-0.1, -0.05) is 44.9 Å². The summed E-state index contributed by atoms with van der Waals surface area (Å²) in [7, 11) is 0. The van der Waals surface area contributed by atoms with Gasteiger partial charge in [0.15, 0.2) is 5.11 Å². The van der Waals surface area contributed by atoms with Crippen molar-refractivity contribution in [3.63, 3.8) is 0 Å². The van der Waals surface area contributed by atoms with Gasteiger partial charge in [-0.05, 0) is 49.5 Å². The zero-order chi connectivity index (χ0) is 14.4. The average Bonchev–Trinajstić information content (AvgIpc) is 2.73. The minimum Gasteiger partial charge on any atom is -0.346 e. The summed E-state index contributed by atoms with van der Waals surface area (Å²) >= 11 is 5.68. The lowest BCUT2D eigenvalue weighted by molar-refractivity contribution is 0.311. The third-order valence-electron chi connectivity index (χ3n) is 4.25. The quantitative estimate of drug-likeness (QED) is 0.819. The molecule has 1 aromatic carbocycles. The molecule has 3 heteroatoms. The molecule has 110 valence electrons. The molecule has 1 N–H and O–H groups in total. The SMILES string of the molecule is CCc1ccccc1NC(=S)N1CCCCCC1CC. The normalized spacial score (nSPS) is 19.5. The van der Waals surface area contributed by atoms with E-state index in [0.29, 0.717) is 6.04 Å². The molecule has 0 amide bonds. The molecule has 1 fully saturated rings. The Balaban J connectivity index is 2.09. The Bertz CT molecular complexity index is 444. The molecule has 1 saturated heterocycles. The predicted molar refractivity (Wildman–Crippen MR) is 91.3 cm³/mol. The summed E-state index contributed by atoms with van der Waals surface area (Å²) in [5, 5.41) is 4.38. The predicted octanol–water partition coefficient (Wildman–Crippen LogP) is 4.60. The Morgan fingerprint density at radius 1 is 1.25 bits per heavy atom. The first-order valence-electron chi connectivity index (χ1n) is 7.91. The number of nitrogens with zero attached hydrogens (tertiary/aromatic N) is 1. The number of aryl methyl sites for hydroxylation is 1. The van der Waals surface area contributed by atoms with Crippen molar-refractivity contribution in [2.24, 2.45) is 0 Å². The average molecular weight is 290 g/mol.